The first-order chi connectivity index (χ1) is 26.4. The van der Waals surface area contributed by atoms with E-state index in [1.165, 1.54) is 12.3 Å². The predicted octanol–water partition coefficient (Wildman–Crippen LogP) is 5.07. The normalized spacial score (nSPS) is 15.5. The number of amides is 1. The Morgan fingerprint density at radius 2 is 1.85 bits per heavy atom. The van der Waals surface area contributed by atoms with Gasteiger partial charge in [0.2, 0.25) is 0 Å². The Morgan fingerprint density at radius 1 is 1.05 bits per heavy atom. The second-order valence-corrected chi connectivity index (χ2v) is 15.8. The van der Waals surface area contributed by atoms with E-state index in [1.807, 2.05) is 22.8 Å². The van der Waals surface area contributed by atoms with Gasteiger partial charge in [-0.1, -0.05) is 26.8 Å². The lowest BCUT2D eigenvalue weighted by Gasteiger charge is -2.36. The summed E-state index contributed by atoms with van der Waals surface area (Å²) in [5, 5.41) is 20.1. The standard InChI is InChI=1S/C41H43FN10O3/c1-25-36-38(47-35(23-53)46-25)52(28-11-15-48(16-12-28)24-41(2,3)4)40(55)51(36)29-9-10-33(45-20-29)39(54)49-17-13-30-31-6-5-14-44-37(31)50(34(30)22-49)21-27-8-7-26(19-43)18-32(27)42/h5-10,14,18,20,28,53H,11-13,15-17,21-24H2,1-4H3. The molecule has 0 aliphatic carbocycles. The first-order valence-corrected chi connectivity index (χ1v) is 18.7. The van der Waals surface area contributed by atoms with Crippen LogP contribution in [0.25, 0.3) is 27.9 Å². The second kappa shape index (κ2) is 14.1. The number of carbonyl (C=O) groups excluding carboxylic acids is 1. The molecule has 1 N–H and O–H groups in total. The molecule has 7 heterocycles. The average Bonchev–Trinajstić information content (AvgIpc) is 3.65. The number of fused-ring (bicyclic) bond motifs is 4. The van der Waals surface area contributed by atoms with Crippen LogP contribution < -0.4 is 5.69 Å². The zero-order valence-electron chi connectivity index (χ0n) is 31.5. The van der Waals surface area contributed by atoms with Crippen molar-refractivity contribution in [2.75, 3.05) is 26.2 Å². The number of hydrogen-bond acceptors (Lipinski definition) is 9. The molecule has 0 radical (unpaired) electrons. The van der Waals surface area contributed by atoms with Crippen LogP contribution in [0.5, 0.6) is 0 Å². The zero-order chi connectivity index (χ0) is 38.6. The van der Waals surface area contributed by atoms with Gasteiger partial charge in [0.1, 0.15) is 29.3 Å². The van der Waals surface area contributed by atoms with E-state index in [0.717, 1.165) is 49.1 Å². The molecular weight excluding hydrogens is 700 g/mol. The van der Waals surface area contributed by atoms with Gasteiger partial charge in [0.15, 0.2) is 11.5 Å². The van der Waals surface area contributed by atoms with Crippen LogP contribution in [0, 0.1) is 29.5 Å². The minimum atomic E-state index is -0.474. The molecule has 282 valence electrons. The van der Waals surface area contributed by atoms with Crippen molar-refractivity contribution in [2.45, 2.75) is 72.7 Å². The lowest BCUT2D eigenvalue weighted by molar-refractivity contribution is 0.0724. The monoisotopic (exact) mass is 742 g/mol. The van der Waals surface area contributed by atoms with Crippen molar-refractivity contribution < 1.29 is 14.3 Å². The Kier molecular flexibility index (Phi) is 9.30. The molecule has 0 bridgehead atoms. The third-order valence-electron chi connectivity index (χ3n) is 10.7. The largest absolute Gasteiger partial charge is 0.388 e. The van der Waals surface area contributed by atoms with E-state index in [4.69, 9.17) is 0 Å². The van der Waals surface area contributed by atoms with Gasteiger partial charge in [-0.15, -0.1) is 0 Å². The van der Waals surface area contributed by atoms with Gasteiger partial charge in [-0.25, -0.2) is 29.1 Å². The van der Waals surface area contributed by atoms with Crippen molar-refractivity contribution in [2.24, 2.45) is 5.41 Å². The highest BCUT2D eigenvalue weighted by atomic mass is 19.1. The van der Waals surface area contributed by atoms with Crippen LogP contribution in [0.15, 0.2) is 59.7 Å². The van der Waals surface area contributed by atoms with Crippen LogP contribution in [0.4, 0.5) is 4.39 Å². The smallest absolute Gasteiger partial charge is 0.335 e. The molecule has 14 heteroatoms. The summed E-state index contributed by atoms with van der Waals surface area (Å²) in [6.45, 7) is 11.7. The van der Waals surface area contributed by atoms with E-state index < -0.39 is 5.82 Å². The number of aryl methyl sites for hydroxylation is 1. The molecule has 13 nitrogen and oxygen atoms in total. The number of likely N-dealkylation sites (tertiary alicyclic amines) is 1. The first kappa shape index (κ1) is 36.2. The van der Waals surface area contributed by atoms with Gasteiger partial charge in [-0.05, 0) is 73.6 Å². The van der Waals surface area contributed by atoms with Crippen LogP contribution in [-0.2, 0) is 26.1 Å². The number of rotatable bonds is 7. The van der Waals surface area contributed by atoms with E-state index in [9.17, 15) is 20.0 Å². The molecule has 0 spiro atoms. The summed E-state index contributed by atoms with van der Waals surface area (Å²) >= 11 is 0. The van der Waals surface area contributed by atoms with E-state index >= 15 is 4.39 Å². The number of nitrogens with zero attached hydrogens (tertiary/aromatic N) is 10. The molecule has 5 aromatic heterocycles. The number of pyridine rings is 2. The number of carbonyl (C=O) groups is 1. The lowest BCUT2D eigenvalue weighted by Crippen LogP contribution is -2.41. The SMILES string of the molecule is Cc1nc(CO)nc2c1n(-c1ccc(C(=O)N3CCc4c(n(Cc5ccc(C#N)cc5F)c5ncccc45)C3)nc1)c(=O)n2C1CCN(CC(C)(C)C)CC1. The Morgan fingerprint density at radius 3 is 2.55 bits per heavy atom. The van der Waals surface area contributed by atoms with E-state index in [1.54, 1.807) is 51.4 Å². The Hall–Kier alpha value is -5.78. The van der Waals surface area contributed by atoms with E-state index in [0.29, 0.717) is 46.7 Å². The number of aromatic nitrogens is 7. The maximum atomic E-state index is 15.1. The highest BCUT2D eigenvalue weighted by Gasteiger charge is 2.31. The first-order valence-electron chi connectivity index (χ1n) is 18.7. The quantitative estimate of drug-likeness (QED) is 0.237. The summed E-state index contributed by atoms with van der Waals surface area (Å²) in [6, 6.07) is 13.6. The fourth-order valence-electron chi connectivity index (χ4n) is 8.30. The molecule has 2 aliphatic rings. The number of hydrogen-bond donors (Lipinski definition) is 1. The summed E-state index contributed by atoms with van der Waals surface area (Å²) in [5.74, 6) is -0.491. The molecule has 0 unspecified atom stereocenters. The highest BCUT2D eigenvalue weighted by molar-refractivity contribution is 5.93. The van der Waals surface area contributed by atoms with Gasteiger partial charge >= 0.3 is 5.69 Å². The summed E-state index contributed by atoms with van der Waals surface area (Å²) in [7, 11) is 0. The molecule has 55 heavy (non-hydrogen) atoms. The van der Waals surface area contributed by atoms with Crippen LogP contribution in [0.2, 0.25) is 0 Å². The Labute approximate surface area is 317 Å². The van der Waals surface area contributed by atoms with Gasteiger partial charge in [-0.3, -0.25) is 13.9 Å². The van der Waals surface area contributed by atoms with Crippen molar-refractivity contribution in [3.63, 3.8) is 0 Å². The average molecular weight is 743 g/mol. The maximum Gasteiger partial charge on any atom is 0.335 e. The number of piperidine rings is 1. The molecule has 1 amide bonds. The van der Waals surface area contributed by atoms with Gasteiger partial charge in [0.25, 0.3) is 5.91 Å². The summed E-state index contributed by atoms with van der Waals surface area (Å²) in [6.07, 6.45) is 5.39. The van der Waals surface area contributed by atoms with Crippen molar-refractivity contribution in [1.82, 2.24) is 43.4 Å². The van der Waals surface area contributed by atoms with Gasteiger partial charge < -0.3 is 19.5 Å². The van der Waals surface area contributed by atoms with Crippen LogP contribution in [-0.4, -0.2) is 80.6 Å². The maximum absolute atomic E-state index is 15.1. The Balaban J connectivity index is 1.09. The molecule has 2 aliphatic heterocycles. The molecule has 1 aromatic carbocycles. The number of imidazole rings is 1. The van der Waals surface area contributed by atoms with Crippen LogP contribution in [0.3, 0.4) is 0 Å². The second-order valence-electron chi connectivity index (χ2n) is 15.8. The number of aliphatic hydroxyl groups excluding tert-OH is 1. The van der Waals surface area contributed by atoms with Gasteiger partial charge in [0.05, 0.1) is 42.3 Å². The molecule has 8 rings (SSSR count). The number of halogens is 1. The number of benzene rings is 1. The molecule has 1 saturated heterocycles. The Bertz CT molecular complexity index is 2550. The van der Waals surface area contributed by atoms with E-state index in [-0.39, 0.29) is 59.8 Å². The minimum Gasteiger partial charge on any atom is -0.388 e. The summed E-state index contributed by atoms with van der Waals surface area (Å²) in [4.78, 5) is 50.9. The van der Waals surface area contributed by atoms with E-state index in [2.05, 4.69) is 45.6 Å². The molecule has 1 fully saturated rings. The molecule has 0 atom stereocenters. The summed E-state index contributed by atoms with van der Waals surface area (Å²) < 4.78 is 20.3. The molecular formula is C41H43FN10O3. The number of nitriles is 1. The lowest BCUT2D eigenvalue weighted by atomic mass is 9.94. The van der Waals surface area contributed by atoms with Gasteiger partial charge in [-0.2, -0.15) is 5.26 Å². The molecule has 0 saturated carbocycles. The van der Waals surface area contributed by atoms with Crippen molar-refractivity contribution in [3.8, 4) is 11.8 Å². The molecule has 6 aromatic rings. The summed E-state index contributed by atoms with van der Waals surface area (Å²) in [5.41, 5.74) is 5.51. The topological polar surface area (TPSA) is 151 Å². The van der Waals surface area contributed by atoms with Crippen LogP contribution >= 0.6 is 0 Å². The predicted molar refractivity (Wildman–Crippen MR) is 204 cm³/mol. The van der Waals surface area contributed by atoms with Crippen molar-refractivity contribution >= 4 is 28.1 Å². The number of aliphatic hydroxyl groups is 1. The van der Waals surface area contributed by atoms with Crippen molar-refractivity contribution in [1.29, 1.82) is 5.26 Å². The van der Waals surface area contributed by atoms with Crippen LogP contribution in [0.1, 0.15) is 84.0 Å². The third-order valence-corrected chi connectivity index (χ3v) is 10.7. The highest BCUT2D eigenvalue weighted by Crippen LogP contribution is 2.32. The minimum absolute atomic E-state index is 0.0784. The van der Waals surface area contributed by atoms with Gasteiger partial charge in [0, 0.05) is 55.1 Å². The fraction of sp³-hybridized carbons (Fsp3) is 0.390. The zero-order valence-corrected chi connectivity index (χ0v) is 31.5. The fourth-order valence-corrected chi connectivity index (χ4v) is 8.30. The third kappa shape index (κ3) is 6.68. The van der Waals surface area contributed by atoms with Crippen molar-refractivity contribution in [3.05, 3.63) is 111 Å².